The van der Waals surface area contributed by atoms with Crippen LogP contribution in [0.2, 0.25) is 19.6 Å². The van der Waals surface area contributed by atoms with Crippen molar-refractivity contribution < 1.29 is 4.74 Å². The van der Waals surface area contributed by atoms with Crippen molar-refractivity contribution in [2.24, 2.45) is 0 Å². The molecule has 0 bridgehead atoms. The van der Waals surface area contributed by atoms with Crippen molar-refractivity contribution in [3.63, 3.8) is 0 Å². The molecule has 92 valence electrons. The summed E-state index contributed by atoms with van der Waals surface area (Å²) in [5, 5.41) is 0. The van der Waals surface area contributed by atoms with Crippen LogP contribution in [-0.4, -0.2) is 29.6 Å². The Balaban J connectivity index is 2.40. The summed E-state index contributed by atoms with van der Waals surface area (Å²) in [5.41, 5.74) is 2.81. The van der Waals surface area contributed by atoms with Gasteiger partial charge in [0.2, 0.25) is 0 Å². The fourth-order valence-electron chi connectivity index (χ4n) is 1.92. The molecule has 0 aliphatic heterocycles. The Morgan fingerprint density at radius 1 is 1.41 bits per heavy atom. The first-order valence-electron chi connectivity index (χ1n) is 5.94. The van der Waals surface area contributed by atoms with Gasteiger partial charge in [-0.25, -0.2) is 9.97 Å². The van der Waals surface area contributed by atoms with Gasteiger partial charge in [0, 0.05) is 12.8 Å². The third kappa shape index (κ3) is 2.55. The smallest absolute Gasteiger partial charge is 0.156 e. The maximum Gasteiger partial charge on any atom is 0.156 e. The van der Waals surface area contributed by atoms with Crippen molar-refractivity contribution in [1.82, 2.24) is 15.0 Å². The molecular weight excluding hydrogens is 230 g/mol. The van der Waals surface area contributed by atoms with E-state index < -0.39 is 8.07 Å². The minimum absolute atomic E-state index is 0.110. The van der Waals surface area contributed by atoms with Crippen molar-refractivity contribution in [3.8, 4) is 0 Å². The molecule has 0 radical (unpaired) electrons. The SMILES string of the molecule is CCOC(c1cnc2[nH]ccc2n1)[Si](C)(C)C. The number of H-pyrrole nitrogens is 1. The van der Waals surface area contributed by atoms with Crippen LogP contribution in [0, 0.1) is 0 Å². The van der Waals surface area contributed by atoms with Crippen LogP contribution in [-0.2, 0) is 4.74 Å². The number of ether oxygens (including phenoxy) is 1. The lowest BCUT2D eigenvalue weighted by molar-refractivity contribution is 0.109. The Hall–Kier alpha value is -1.20. The van der Waals surface area contributed by atoms with Crippen molar-refractivity contribution in [1.29, 1.82) is 0 Å². The third-order valence-corrected chi connectivity index (χ3v) is 4.70. The molecule has 1 atom stereocenters. The van der Waals surface area contributed by atoms with Crippen LogP contribution in [0.25, 0.3) is 11.2 Å². The Morgan fingerprint density at radius 3 is 2.82 bits per heavy atom. The van der Waals surface area contributed by atoms with Gasteiger partial charge in [-0.3, -0.25) is 0 Å². The Kier molecular flexibility index (Phi) is 3.30. The lowest BCUT2D eigenvalue weighted by atomic mass is 10.4. The molecule has 0 fully saturated rings. The molecule has 1 N–H and O–H groups in total. The van der Waals surface area contributed by atoms with Gasteiger partial charge in [-0.15, -0.1) is 0 Å². The third-order valence-electron chi connectivity index (χ3n) is 2.67. The van der Waals surface area contributed by atoms with Crippen LogP contribution in [0.1, 0.15) is 18.3 Å². The predicted molar refractivity (Wildman–Crippen MR) is 71.6 cm³/mol. The highest BCUT2D eigenvalue weighted by molar-refractivity contribution is 6.77. The van der Waals surface area contributed by atoms with E-state index in [0.717, 1.165) is 16.9 Å². The molecule has 0 amide bonds. The van der Waals surface area contributed by atoms with Crippen LogP contribution in [0.4, 0.5) is 0 Å². The van der Waals surface area contributed by atoms with Crippen LogP contribution in [0.5, 0.6) is 0 Å². The molecule has 4 nitrogen and oxygen atoms in total. The summed E-state index contributed by atoms with van der Waals surface area (Å²) in [6, 6.07) is 1.94. The number of nitrogens with one attached hydrogen (secondary N) is 1. The molecule has 0 aliphatic rings. The maximum atomic E-state index is 5.87. The van der Waals surface area contributed by atoms with E-state index in [-0.39, 0.29) is 5.73 Å². The zero-order valence-corrected chi connectivity index (χ0v) is 11.8. The quantitative estimate of drug-likeness (QED) is 0.848. The van der Waals surface area contributed by atoms with E-state index in [2.05, 4.69) is 34.6 Å². The molecule has 2 aromatic heterocycles. The highest BCUT2D eigenvalue weighted by Gasteiger charge is 2.30. The van der Waals surface area contributed by atoms with Crippen LogP contribution in [0.3, 0.4) is 0 Å². The lowest BCUT2D eigenvalue weighted by Gasteiger charge is -2.27. The largest absolute Gasteiger partial charge is 0.376 e. The number of aromatic amines is 1. The van der Waals surface area contributed by atoms with Crippen molar-refractivity contribution >= 4 is 19.2 Å². The minimum Gasteiger partial charge on any atom is -0.376 e. The van der Waals surface area contributed by atoms with Crippen molar-refractivity contribution in [3.05, 3.63) is 24.2 Å². The number of fused-ring (bicyclic) bond motifs is 1. The number of rotatable bonds is 4. The monoisotopic (exact) mass is 249 g/mol. The van der Waals surface area contributed by atoms with E-state index in [0.29, 0.717) is 6.61 Å². The summed E-state index contributed by atoms with van der Waals surface area (Å²) in [4.78, 5) is 12.1. The van der Waals surface area contributed by atoms with Gasteiger partial charge in [0.05, 0.1) is 25.7 Å². The predicted octanol–water partition coefficient (Wildman–Crippen LogP) is 2.91. The summed E-state index contributed by atoms with van der Waals surface area (Å²) < 4.78 is 5.87. The van der Waals surface area contributed by atoms with Gasteiger partial charge in [0.15, 0.2) is 5.65 Å². The molecule has 17 heavy (non-hydrogen) atoms. The molecule has 0 spiro atoms. The van der Waals surface area contributed by atoms with Crippen LogP contribution in [0.15, 0.2) is 18.5 Å². The average molecular weight is 249 g/mol. The summed E-state index contributed by atoms with van der Waals surface area (Å²) in [6.45, 7) is 9.60. The maximum absolute atomic E-state index is 5.87. The Morgan fingerprint density at radius 2 is 2.18 bits per heavy atom. The molecule has 0 saturated carbocycles. The highest BCUT2D eigenvalue weighted by Crippen LogP contribution is 2.27. The first-order valence-corrected chi connectivity index (χ1v) is 9.51. The fourth-order valence-corrected chi connectivity index (χ4v) is 3.61. The van der Waals surface area contributed by atoms with E-state index in [4.69, 9.17) is 4.74 Å². The summed E-state index contributed by atoms with van der Waals surface area (Å²) in [6.07, 6.45) is 3.69. The number of aromatic nitrogens is 3. The second kappa shape index (κ2) is 4.58. The summed E-state index contributed by atoms with van der Waals surface area (Å²) in [7, 11) is -1.45. The molecule has 5 heteroatoms. The van der Waals surface area contributed by atoms with Crippen molar-refractivity contribution in [2.75, 3.05) is 6.61 Å². The summed E-state index contributed by atoms with van der Waals surface area (Å²) in [5.74, 6) is 0. The number of nitrogens with zero attached hydrogens (tertiary/aromatic N) is 2. The first-order chi connectivity index (χ1) is 8.02. The molecule has 0 aliphatic carbocycles. The second-order valence-electron chi connectivity index (χ2n) is 5.21. The summed E-state index contributed by atoms with van der Waals surface area (Å²) >= 11 is 0. The second-order valence-corrected chi connectivity index (χ2v) is 10.5. The van der Waals surface area contributed by atoms with Gasteiger partial charge in [-0.05, 0) is 13.0 Å². The molecule has 1 unspecified atom stereocenters. The molecule has 0 aromatic carbocycles. The molecule has 2 heterocycles. The molecule has 0 saturated heterocycles. The number of hydrogen-bond acceptors (Lipinski definition) is 3. The van der Waals surface area contributed by atoms with Crippen LogP contribution < -0.4 is 0 Å². The normalized spacial score (nSPS) is 14.1. The van der Waals surface area contributed by atoms with E-state index >= 15 is 0 Å². The van der Waals surface area contributed by atoms with E-state index in [1.165, 1.54) is 0 Å². The topological polar surface area (TPSA) is 50.8 Å². The molecular formula is C12H19N3OSi. The lowest BCUT2D eigenvalue weighted by Crippen LogP contribution is -2.33. The van der Waals surface area contributed by atoms with E-state index in [9.17, 15) is 0 Å². The van der Waals surface area contributed by atoms with Gasteiger partial charge in [0.25, 0.3) is 0 Å². The zero-order valence-electron chi connectivity index (χ0n) is 10.8. The standard InChI is InChI=1S/C12H19N3OSi/c1-5-16-12(17(2,3)4)10-8-14-11-9(15-10)6-7-13-11/h6-8,12H,5H2,1-4H3,(H,13,14). The zero-order chi connectivity index (χ0) is 12.5. The van der Waals surface area contributed by atoms with Crippen LogP contribution >= 0.6 is 0 Å². The Labute approximate surface area is 102 Å². The molecule has 2 aromatic rings. The van der Waals surface area contributed by atoms with Gasteiger partial charge in [0.1, 0.15) is 5.52 Å². The van der Waals surface area contributed by atoms with Gasteiger partial charge in [-0.2, -0.15) is 0 Å². The van der Waals surface area contributed by atoms with Crippen molar-refractivity contribution in [2.45, 2.75) is 32.3 Å². The van der Waals surface area contributed by atoms with Gasteiger partial charge < -0.3 is 9.72 Å². The fraction of sp³-hybridized carbons (Fsp3) is 0.500. The van der Waals surface area contributed by atoms with E-state index in [1.807, 2.05) is 25.4 Å². The Bertz CT molecular complexity index is 504. The van der Waals surface area contributed by atoms with Gasteiger partial charge >= 0.3 is 0 Å². The first kappa shape index (κ1) is 12.3. The van der Waals surface area contributed by atoms with E-state index in [1.54, 1.807) is 0 Å². The highest BCUT2D eigenvalue weighted by atomic mass is 28.3. The number of hydrogen-bond donors (Lipinski definition) is 1. The molecule has 2 rings (SSSR count). The van der Waals surface area contributed by atoms with Gasteiger partial charge in [-0.1, -0.05) is 19.6 Å². The average Bonchev–Trinajstić information content (AvgIpc) is 2.71. The minimum atomic E-state index is -1.45.